The van der Waals surface area contributed by atoms with Crippen LogP contribution in [0.15, 0.2) is 18.2 Å². The summed E-state index contributed by atoms with van der Waals surface area (Å²) in [5.41, 5.74) is 0.852. The number of nitrogens with one attached hydrogen (secondary N) is 1. The van der Waals surface area contributed by atoms with Crippen molar-refractivity contribution in [3.05, 3.63) is 33.8 Å². The second-order valence-corrected chi connectivity index (χ2v) is 4.12. The van der Waals surface area contributed by atoms with E-state index in [-0.39, 0.29) is 12.0 Å². The number of methoxy groups -OCH3 is 1. The van der Waals surface area contributed by atoms with Gasteiger partial charge in [0.1, 0.15) is 6.04 Å². The molecule has 1 aromatic carbocycles. The predicted octanol–water partition coefficient (Wildman–Crippen LogP) is 2.64. The zero-order chi connectivity index (χ0) is 12.1. The third-order valence-electron chi connectivity index (χ3n) is 2.19. The van der Waals surface area contributed by atoms with E-state index in [9.17, 15) is 4.79 Å². The monoisotopic (exact) mass is 261 g/mol. The maximum absolute atomic E-state index is 11.1. The van der Waals surface area contributed by atoms with E-state index >= 15 is 0 Å². The molecule has 0 bridgehead atoms. The summed E-state index contributed by atoms with van der Waals surface area (Å²) in [7, 11) is 1.35. The minimum atomic E-state index is -0.375. The topological polar surface area (TPSA) is 38.3 Å². The highest BCUT2D eigenvalue weighted by atomic mass is 35.5. The van der Waals surface area contributed by atoms with E-state index < -0.39 is 0 Å². The first-order chi connectivity index (χ1) is 7.56. The maximum Gasteiger partial charge on any atom is 0.322 e. The van der Waals surface area contributed by atoms with Crippen molar-refractivity contribution >= 4 is 29.2 Å². The van der Waals surface area contributed by atoms with Gasteiger partial charge in [0.05, 0.1) is 17.2 Å². The number of carbonyl (C=O) groups excluding carboxylic acids is 1. The molecule has 88 valence electrons. The van der Waals surface area contributed by atoms with Crippen molar-refractivity contribution in [3.63, 3.8) is 0 Å². The van der Waals surface area contributed by atoms with E-state index in [1.54, 1.807) is 13.0 Å². The Hall–Kier alpha value is -0.770. The molecule has 0 saturated carbocycles. The third-order valence-corrected chi connectivity index (χ3v) is 3.04. The molecule has 3 nitrogen and oxygen atoms in total. The van der Waals surface area contributed by atoms with Crippen molar-refractivity contribution in [1.29, 1.82) is 0 Å². The van der Waals surface area contributed by atoms with Crippen LogP contribution in [-0.2, 0) is 16.1 Å². The summed E-state index contributed by atoms with van der Waals surface area (Å²) in [6.45, 7) is 2.19. The van der Waals surface area contributed by atoms with Gasteiger partial charge in [-0.05, 0) is 18.6 Å². The number of hydrogen-bond acceptors (Lipinski definition) is 3. The van der Waals surface area contributed by atoms with Gasteiger partial charge in [0.2, 0.25) is 0 Å². The number of halogens is 2. The molecule has 0 aromatic heterocycles. The number of ether oxygens (including phenoxy) is 1. The molecular formula is C11H13Cl2NO2. The van der Waals surface area contributed by atoms with Crippen LogP contribution in [0, 0.1) is 0 Å². The highest BCUT2D eigenvalue weighted by Crippen LogP contribution is 2.25. The Morgan fingerprint density at radius 3 is 2.81 bits per heavy atom. The van der Waals surface area contributed by atoms with Crippen molar-refractivity contribution in [2.45, 2.75) is 19.5 Å². The zero-order valence-electron chi connectivity index (χ0n) is 9.09. The molecule has 0 heterocycles. The second kappa shape index (κ2) is 6.09. The minimum Gasteiger partial charge on any atom is -0.468 e. The average Bonchev–Trinajstić information content (AvgIpc) is 2.29. The van der Waals surface area contributed by atoms with Crippen LogP contribution < -0.4 is 5.32 Å². The molecule has 1 atom stereocenters. The summed E-state index contributed by atoms with van der Waals surface area (Å²) >= 11 is 11.9. The Balaban J connectivity index is 2.61. The Bertz CT molecular complexity index is 382. The van der Waals surface area contributed by atoms with Gasteiger partial charge in [-0.15, -0.1) is 0 Å². The molecule has 16 heavy (non-hydrogen) atoms. The Morgan fingerprint density at radius 2 is 2.19 bits per heavy atom. The van der Waals surface area contributed by atoms with Gasteiger partial charge in [0, 0.05) is 6.54 Å². The molecule has 1 aromatic rings. The molecule has 5 heteroatoms. The molecular weight excluding hydrogens is 249 g/mol. The number of benzene rings is 1. The van der Waals surface area contributed by atoms with Gasteiger partial charge in [-0.25, -0.2) is 0 Å². The van der Waals surface area contributed by atoms with Gasteiger partial charge in [0.25, 0.3) is 0 Å². The standard InChI is InChI=1S/C11H13Cl2NO2/c1-7(11(15)16-2)14-6-8-4-3-5-9(12)10(8)13/h3-5,7,14H,6H2,1-2H3. The molecule has 0 aliphatic carbocycles. The van der Waals surface area contributed by atoms with Crippen LogP contribution in [0.2, 0.25) is 10.0 Å². The Labute approximate surface area is 105 Å². The zero-order valence-corrected chi connectivity index (χ0v) is 10.6. The smallest absolute Gasteiger partial charge is 0.322 e. The SMILES string of the molecule is COC(=O)C(C)NCc1cccc(Cl)c1Cl. The van der Waals surface area contributed by atoms with Crippen LogP contribution >= 0.6 is 23.2 Å². The minimum absolute atomic E-state index is 0.307. The molecule has 0 aliphatic heterocycles. The van der Waals surface area contributed by atoms with E-state index in [0.29, 0.717) is 16.6 Å². The summed E-state index contributed by atoms with van der Waals surface area (Å²) in [6.07, 6.45) is 0. The van der Waals surface area contributed by atoms with Crippen molar-refractivity contribution in [1.82, 2.24) is 5.32 Å². The van der Waals surface area contributed by atoms with Crippen molar-refractivity contribution in [2.24, 2.45) is 0 Å². The molecule has 0 spiro atoms. The van der Waals surface area contributed by atoms with E-state index in [1.807, 2.05) is 12.1 Å². The van der Waals surface area contributed by atoms with Crippen molar-refractivity contribution in [2.75, 3.05) is 7.11 Å². The Morgan fingerprint density at radius 1 is 1.50 bits per heavy atom. The lowest BCUT2D eigenvalue weighted by atomic mass is 10.2. The summed E-state index contributed by atoms with van der Waals surface area (Å²) in [5.74, 6) is -0.307. The summed E-state index contributed by atoms with van der Waals surface area (Å²) in [4.78, 5) is 11.1. The summed E-state index contributed by atoms with van der Waals surface area (Å²) in [5, 5.41) is 4.01. The van der Waals surface area contributed by atoms with Crippen molar-refractivity contribution < 1.29 is 9.53 Å². The molecule has 0 saturated heterocycles. The van der Waals surface area contributed by atoms with Crippen LogP contribution in [0.25, 0.3) is 0 Å². The van der Waals surface area contributed by atoms with E-state index in [2.05, 4.69) is 10.1 Å². The molecule has 1 N–H and O–H groups in total. The normalized spacial score (nSPS) is 12.2. The molecule has 0 amide bonds. The van der Waals surface area contributed by atoms with Gasteiger partial charge < -0.3 is 10.1 Å². The molecule has 0 radical (unpaired) electrons. The number of carbonyl (C=O) groups is 1. The largest absolute Gasteiger partial charge is 0.468 e. The van der Waals surface area contributed by atoms with Gasteiger partial charge in [-0.3, -0.25) is 4.79 Å². The maximum atomic E-state index is 11.1. The lowest BCUT2D eigenvalue weighted by molar-refractivity contribution is -0.142. The van der Waals surface area contributed by atoms with Crippen LogP contribution in [0.3, 0.4) is 0 Å². The fourth-order valence-electron chi connectivity index (χ4n) is 1.21. The van der Waals surface area contributed by atoms with E-state index in [0.717, 1.165) is 5.56 Å². The van der Waals surface area contributed by atoms with Gasteiger partial charge in [-0.1, -0.05) is 35.3 Å². The highest BCUT2D eigenvalue weighted by molar-refractivity contribution is 6.42. The first-order valence-corrected chi connectivity index (χ1v) is 5.56. The predicted molar refractivity (Wildman–Crippen MR) is 64.8 cm³/mol. The van der Waals surface area contributed by atoms with E-state index in [4.69, 9.17) is 23.2 Å². The molecule has 0 fully saturated rings. The lowest BCUT2D eigenvalue weighted by Crippen LogP contribution is -2.34. The highest BCUT2D eigenvalue weighted by Gasteiger charge is 2.13. The number of hydrogen-bond donors (Lipinski definition) is 1. The average molecular weight is 262 g/mol. The van der Waals surface area contributed by atoms with Crippen LogP contribution in [0.1, 0.15) is 12.5 Å². The van der Waals surface area contributed by atoms with Crippen molar-refractivity contribution in [3.8, 4) is 0 Å². The van der Waals surface area contributed by atoms with Crippen LogP contribution in [0.4, 0.5) is 0 Å². The quantitative estimate of drug-likeness (QED) is 0.848. The Kier molecular flexibility index (Phi) is 5.06. The van der Waals surface area contributed by atoms with E-state index in [1.165, 1.54) is 7.11 Å². The summed E-state index contributed by atoms with van der Waals surface area (Å²) in [6, 6.07) is 5.01. The first kappa shape index (κ1) is 13.3. The second-order valence-electron chi connectivity index (χ2n) is 3.34. The third kappa shape index (κ3) is 3.37. The number of esters is 1. The van der Waals surface area contributed by atoms with Crippen LogP contribution in [0.5, 0.6) is 0 Å². The fourth-order valence-corrected chi connectivity index (χ4v) is 1.60. The van der Waals surface area contributed by atoms with Gasteiger partial charge in [-0.2, -0.15) is 0 Å². The molecule has 0 aliphatic rings. The van der Waals surface area contributed by atoms with Gasteiger partial charge in [0.15, 0.2) is 0 Å². The summed E-state index contributed by atoms with van der Waals surface area (Å²) < 4.78 is 4.59. The lowest BCUT2D eigenvalue weighted by Gasteiger charge is -2.12. The fraction of sp³-hybridized carbons (Fsp3) is 0.364. The first-order valence-electron chi connectivity index (χ1n) is 4.80. The number of rotatable bonds is 4. The molecule has 1 unspecified atom stereocenters. The van der Waals surface area contributed by atoms with Crippen LogP contribution in [-0.4, -0.2) is 19.1 Å². The molecule has 1 rings (SSSR count). The van der Waals surface area contributed by atoms with Gasteiger partial charge >= 0.3 is 5.97 Å².